The molecule has 3 rings (SSSR count). The Balaban J connectivity index is 2.42. The summed E-state index contributed by atoms with van der Waals surface area (Å²) >= 11 is 6.02. The molecule has 1 aromatic carbocycles. The number of benzene rings is 1. The van der Waals surface area contributed by atoms with Crippen molar-refractivity contribution in [3.8, 4) is 11.4 Å². The molecule has 6 heteroatoms. The van der Waals surface area contributed by atoms with Crippen LogP contribution in [0.2, 0.25) is 5.02 Å². The van der Waals surface area contributed by atoms with Crippen molar-refractivity contribution in [1.82, 2.24) is 19.6 Å². The molecular formula is C14H13ClN4O. The summed E-state index contributed by atoms with van der Waals surface area (Å²) < 4.78 is 1.50. The van der Waals surface area contributed by atoms with Gasteiger partial charge in [0.25, 0.3) is 0 Å². The highest BCUT2D eigenvalue weighted by atomic mass is 35.5. The zero-order valence-corrected chi connectivity index (χ0v) is 11.9. The molecule has 0 atom stereocenters. The minimum Gasteiger partial charge on any atom is -0.246 e. The van der Waals surface area contributed by atoms with Crippen molar-refractivity contribution < 1.29 is 0 Å². The smallest absolute Gasteiger partial charge is 0.246 e. The van der Waals surface area contributed by atoms with Gasteiger partial charge in [0.15, 0.2) is 5.65 Å². The van der Waals surface area contributed by atoms with E-state index in [1.54, 1.807) is 12.1 Å². The third-order valence-electron chi connectivity index (χ3n) is 3.30. The second-order valence-electron chi connectivity index (χ2n) is 4.55. The molecule has 0 aliphatic carbocycles. The first-order valence-corrected chi connectivity index (χ1v) is 6.72. The molecule has 1 N–H and O–H groups in total. The van der Waals surface area contributed by atoms with Crippen molar-refractivity contribution in [3.05, 3.63) is 51.0 Å². The Bertz CT molecular complexity index is 850. The predicted molar refractivity (Wildman–Crippen MR) is 78.2 cm³/mol. The number of hydrogen-bond donors (Lipinski definition) is 1. The van der Waals surface area contributed by atoms with Crippen molar-refractivity contribution in [3.63, 3.8) is 0 Å². The molecule has 0 amide bonds. The van der Waals surface area contributed by atoms with Crippen LogP contribution in [-0.4, -0.2) is 19.6 Å². The Morgan fingerprint density at radius 1 is 1.40 bits per heavy atom. The van der Waals surface area contributed by atoms with Gasteiger partial charge < -0.3 is 0 Å². The van der Waals surface area contributed by atoms with Gasteiger partial charge in [-0.1, -0.05) is 30.7 Å². The minimum absolute atomic E-state index is 0.294. The second-order valence-corrected chi connectivity index (χ2v) is 4.99. The first kappa shape index (κ1) is 12.9. The summed E-state index contributed by atoms with van der Waals surface area (Å²) in [7, 11) is 0. The number of rotatable bonds is 2. The lowest BCUT2D eigenvalue weighted by atomic mass is 10.1. The van der Waals surface area contributed by atoms with Gasteiger partial charge in [-0.3, -0.25) is 0 Å². The summed E-state index contributed by atoms with van der Waals surface area (Å²) in [4.78, 5) is 16.6. The van der Waals surface area contributed by atoms with Crippen LogP contribution < -0.4 is 5.69 Å². The Morgan fingerprint density at radius 3 is 2.90 bits per heavy atom. The summed E-state index contributed by atoms with van der Waals surface area (Å²) in [5, 5.41) is 7.20. The lowest BCUT2D eigenvalue weighted by molar-refractivity contribution is 0.964. The molecule has 0 saturated carbocycles. The SMILES string of the molecule is CCc1c(C)nc(-c2cccc(Cl)c2)n2c(=O)[nH]nc12. The third kappa shape index (κ3) is 1.91. The van der Waals surface area contributed by atoms with Crippen molar-refractivity contribution in [2.24, 2.45) is 0 Å². The van der Waals surface area contributed by atoms with E-state index in [2.05, 4.69) is 15.2 Å². The average molecular weight is 289 g/mol. The van der Waals surface area contributed by atoms with Gasteiger partial charge in [0.2, 0.25) is 0 Å². The normalized spacial score (nSPS) is 11.2. The number of aromatic nitrogens is 4. The monoisotopic (exact) mass is 288 g/mol. The predicted octanol–water partition coefficient (Wildman–Crippen LogP) is 2.61. The molecule has 0 fully saturated rings. The van der Waals surface area contributed by atoms with E-state index in [4.69, 9.17) is 11.6 Å². The maximum Gasteiger partial charge on any atom is 0.349 e. The first-order valence-electron chi connectivity index (χ1n) is 6.34. The molecule has 3 aromatic rings. The van der Waals surface area contributed by atoms with Crippen LogP contribution in [0.15, 0.2) is 29.1 Å². The average Bonchev–Trinajstić information content (AvgIpc) is 2.80. The number of aryl methyl sites for hydroxylation is 2. The molecule has 20 heavy (non-hydrogen) atoms. The summed E-state index contributed by atoms with van der Waals surface area (Å²) in [6.45, 7) is 3.94. The maximum atomic E-state index is 12.0. The molecule has 0 spiro atoms. The molecule has 0 saturated heterocycles. The van der Waals surface area contributed by atoms with E-state index in [9.17, 15) is 4.79 Å². The fourth-order valence-corrected chi connectivity index (χ4v) is 2.56. The van der Waals surface area contributed by atoms with E-state index >= 15 is 0 Å². The molecule has 0 radical (unpaired) electrons. The van der Waals surface area contributed by atoms with Crippen molar-refractivity contribution in [2.75, 3.05) is 0 Å². The number of hydrogen-bond acceptors (Lipinski definition) is 3. The van der Waals surface area contributed by atoms with Gasteiger partial charge in [0.05, 0.1) is 0 Å². The van der Waals surface area contributed by atoms with Gasteiger partial charge in [-0.05, 0) is 25.5 Å². The van der Waals surface area contributed by atoms with Gasteiger partial charge in [-0.2, -0.15) is 5.10 Å². The lowest BCUT2D eigenvalue weighted by Gasteiger charge is -2.09. The van der Waals surface area contributed by atoms with Gasteiger partial charge >= 0.3 is 5.69 Å². The largest absolute Gasteiger partial charge is 0.349 e. The molecule has 0 aliphatic rings. The topological polar surface area (TPSA) is 63.1 Å². The van der Waals surface area contributed by atoms with Crippen molar-refractivity contribution in [1.29, 1.82) is 0 Å². The lowest BCUT2D eigenvalue weighted by Crippen LogP contribution is -2.14. The van der Waals surface area contributed by atoms with E-state index in [0.29, 0.717) is 16.5 Å². The fraction of sp³-hybridized carbons (Fsp3) is 0.214. The highest BCUT2D eigenvalue weighted by molar-refractivity contribution is 6.30. The van der Waals surface area contributed by atoms with E-state index in [0.717, 1.165) is 23.2 Å². The van der Waals surface area contributed by atoms with E-state index < -0.39 is 0 Å². The highest BCUT2D eigenvalue weighted by Crippen LogP contribution is 2.23. The van der Waals surface area contributed by atoms with E-state index in [1.165, 1.54) is 4.40 Å². The molecule has 102 valence electrons. The Morgan fingerprint density at radius 2 is 2.20 bits per heavy atom. The molecule has 0 aliphatic heterocycles. The van der Waals surface area contributed by atoms with Gasteiger partial charge in [0.1, 0.15) is 5.82 Å². The summed E-state index contributed by atoms with van der Waals surface area (Å²) in [6.07, 6.45) is 0.766. The van der Waals surface area contributed by atoms with Crippen LogP contribution in [0, 0.1) is 6.92 Å². The molecule has 0 unspecified atom stereocenters. The third-order valence-corrected chi connectivity index (χ3v) is 3.54. The summed E-state index contributed by atoms with van der Waals surface area (Å²) in [5.41, 5.74) is 2.96. The number of halogens is 1. The van der Waals surface area contributed by atoms with Crippen LogP contribution in [0.5, 0.6) is 0 Å². The van der Waals surface area contributed by atoms with Crippen LogP contribution >= 0.6 is 11.6 Å². The van der Waals surface area contributed by atoms with Crippen LogP contribution in [0.25, 0.3) is 17.0 Å². The number of nitrogens with zero attached hydrogens (tertiary/aromatic N) is 3. The Kier molecular flexibility index (Phi) is 3.06. The van der Waals surface area contributed by atoms with Crippen molar-refractivity contribution >= 4 is 17.2 Å². The van der Waals surface area contributed by atoms with Gasteiger partial charge in [-0.25, -0.2) is 19.3 Å². The van der Waals surface area contributed by atoms with E-state index in [-0.39, 0.29) is 5.69 Å². The van der Waals surface area contributed by atoms with Crippen LogP contribution in [0.4, 0.5) is 0 Å². The molecular weight excluding hydrogens is 276 g/mol. The minimum atomic E-state index is -0.294. The quantitative estimate of drug-likeness (QED) is 0.788. The zero-order chi connectivity index (χ0) is 14.3. The molecule has 2 aromatic heterocycles. The molecule has 0 bridgehead atoms. The number of fused-ring (bicyclic) bond motifs is 1. The molecule has 5 nitrogen and oxygen atoms in total. The Hall–Kier alpha value is -2.14. The highest BCUT2D eigenvalue weighted by Gasteiger charge is 2.15. The summed E-state index contributed by atoms with van der Waals surface area (Å²) in [5.74, 6) is 0.552. The number of nitrogens with one attached hydrogen (secondary N) is 1. The number of H-pyrrole nitrogens is 1. The maximum absolute atomic E-state index is 12.0. The standard InChI is InChI=1S/C14H13ClN4O/c1-3-11-8(2)16-12(9-5-4-6-10(15)7-9)19-13(11)17-18-14(19)20/h4-7H,3H2,1-2H3,(H,18,20). The second kappa shape index (κ2) is 4.76. The van der Waals surface area contributed by atoms with Crippen LogP contribution in [0.1, 0.15) is 18.2 Å². The van der Waals surface area contributed by atoms with Gasteiger partial charge in [-0.15, -0.1) is 0 Å². The first-order chi connectivity index (χ1) is 9.61. The van der Waals surface area contributed by atoms with E-state index in [1.807, 2.05) is 26.0 Å². The zero-order valence-electron chi connectivity index (χ0n) is 11.1. The Labute approximate surface area is 120 Å². The van der Waals surface area contributed by atoms with Crippen LogP contribution in [-0.2, 0) is 6.42 Å². The molecule has 2 heterocycles. The number of aromatic amines is 1. The fourth-order valence-electron chi connectivity index (χ4n) is 2.37. The van der Waals surface area contributed by atoms with Crippen LogP contribution in [0.3, 0.4) is 0 Å². The van der Waals surface area contributed by atoms with Gasteiger partial charge in [0, 0.05) is 21.8 Å². The van der Waals surface area contributed by atoms with Crippen molar-refractivity contribution in [2.45, 2.75) is 20.3 Å². The summed E-state index contributed by atoms with van der Waals surface area (Å²) in [6, 6.07) is 7.28.